The number of piperazine rings is 1. The molecule has 1 saturated heterocycles. The van der Waals surface area contributed by atoms with E-state index in [1.165, 1.54) is 0 Å². The van der Waals surface area contributed by atoms with E-state index >= 15 is 0 Å². The van der Waals surface area contributed by atoms with Gasteiger partial charge in [0.05, 0.1) is 0 Å². The summed E-state index contributed by atoms with van der Waals surface area (Å²) in [5.74, 6) is 0. The lowest BCUT2D eigenvalue weighted by Crippen LogP contribution is -2.57. The summed E-state index contributed by atoms with van der Waals surface area (Å²) >= 11 is 0. The summed E-state index contributed by atoms with van der Waals surface area (Å²) in [6.07, 6.45) is 0.895. The maximum absolute atomic E-state index is 8.98. The quantitative estimate of drug-likeness (QED) is 0.729. The standard InChI is InChI=1S/C11H24N2O/c1-9(2)13-8-11(5-6-14)12(4)7-10(13)3/h9-11,14H,5-8H2,1-4H3. The molecule has 1 aliphatic rings. The average molecular weight is 200 g/mol. The van der Waals surface area contributed by atoms with Crippen LogP contribution in [-0.2, 0) is 0 Å². The van der Waals surface area contributed by atoms with Crippen molar-refractivity contribution in [3.63, 3.8) is 0 Å². The van der Waals surface area contributed by atoms with Crippen LogP contribution < -0.4 is 0 Å². The van der Waals surface area contributed by atoms with E-state index in [9.17, 15) is 0 Å². The van der Waals surface area contributed by atoms with Crippen molar-refractivity contribution in [2.24, 2.45) is 0 Å². The zero-order valence-electron chi connectivity index (χ0n) is 9.90. The van der Waals surface area contributed by atoms with Crippen LogP contribution in [0.2, 0.25) is 0 Å². The Kier molecular flexibility index (Phi) is 4.35. The van der Waals surface area contributed by atoms with Crippen molar-refractivity contribution < 1.29 is 5.11 Å². The second-order valence-electron chi connectivity index (χ2n) is 4.75. The number of likely N-dealkylation sites (N-methyl/N-ethyl adjacent to an activating group) is 1. The normalized spacial score (nSPS) is 31.3. The summed E-state index contributed by atoms with van der Waals surface area (Å²) in [4.78, 5) is 4.90. The molecule has 1 heterocycles. The number of rotatable bonds is 3. The summed E-state index contributed by atoms with van der Waals surface area (Å²) in [6.45, 7) is 9.29. The molecule has 84 valence electrons. The highest BCUT2D eigenvalue weighted by atomic mass is 16.3. The van der Waals surface area contributed by atoms with Crippen LogP contribution in [-0.4, -0.2) is 59.8 Å². The Morgan fingerprint density at radius 3 is 2.50 bits per heavy atom. The predicted molar refractivity (Wildman–Crippen MR) is 59.4 cm³/mol. The second-order valence-corrected chi connectivity index (χ2v) is 4.75. The maximum Gasteiger partial charge on any atom is 0.0446 e. The van der Waals surface area contributed by atoms with Crippen molar-refractivity contribution in [3.8, 4) is 0 Å². The Bertz CT molecular complexity index is 173. The van der Waals surface area contributed by atoms with Gasteiger partial charge in [0.15, 0.2) is 0 Å². The van der Waals surface area contributed by atoms with Crippen molar-refractivity contribution in [1.29, 1.82) is 0 Å². The third kappa shape index (κ3) is 2.69. The van der Waals surface area contributed by atoms with E-state index in [1.807, 2.05) is 0 Å². The highest BCUT2D eigenvalue weighted by molar-refractivity contribution is 4.86. The van der Waals surface area contributed by atoms with Crippen LogP contribution >= 0.6 is 0 Å². The molecule has 0 aromatic rings. The van der Waals surface area contributed by atoms with Gasteiger partial charge in [-0.2, -0.15) is 0 Å². The van der Waals surface area contributed by atoms with Gasteiger partial charge in [-0.25, -0.2) is 0 Å². The summed E-state index contributed by atoms with van der Waals surface area (Å²) in [6, 6.07) is 1.77. The third-order valence-electron chi connectivity index (χ3n) is 3.29. The van der Waals surface area contributed by atoms with E-state index in [1.54, 1.807) is 0 Å². The first-order valence-electron chi connectivity index (χ1n) is 5.63. The molecule has 0 bridgehead atoms. The lowest BCUT2D eigenvalue weighted by molar-refractivity contribution is 0.0223. The van der Waals surface area contributed by atoms with E-state index in [2.05, 4.69) is 37.6 Å². The van der Waals surface area contributed by atoms with Crippen molar-refractivity contribution in [3.05, 3.63) is 0 Å². The molecule has 3 heteroatoms. The van der Waals surface area contributed by atoms with E-state index in [-0.39, 0.29) is 0 Å². The lowest BCUT2D eigenvalue weighted by Gasteiger charge is -2.45. The molecule has 3 nitrogen and oxygen atoms in total. The molecule has 0 aromatic carbocycles. The fourth-order valence-corrected chi connectivity index (χ4v) is 2.41. The van der Waals surface area contributed by atoms with Gasteiger partial charge in [-0.05, 0) is 34.2 Å². The van der Waals surface area contributed by atoms with E-state index < -0.39 is 0 Å². The first-order valence-corrected chi connectivity index (χ1v) is 5.63. The molecule has 0 amide bonds. The van der Waals surface area contributed by atoms with E-state index in [4.69, 9.17) is 5.11 Å². The summed E-state index contributed by atoms with van der Waals surface area (Å²) in [5, 5.41) is 8.98. The maximum atomic E-state index is 8.98. The van der Waals surface area contributed by atoms with Gasteiger partial charge in [-0.1, -0.05) is 0 Å². The van der Waals surface area contributed by atoms with Gasteiger partial charge in [0.2, 0.25) is 0 Å². The summed E-state index contributed by atoms with van der Waals surface area (Å²) in [5.41, 5.74) is 0. The van der Waals surface area contributed by atoms with Crippen molar-refractivity contribution in [2.75, 3.05) is 26.7 Å². The second kappa shape index (κ2) is 5.10. The first kappa shape index (κ1) is 12.0. The third-order valence-corrected chi connectivity index (χ3v) is 3.29. The SMILES string of the molecule is CC(C)N1CC(CCO)N(C)CC1C. The molecule has 1 aliphatic heterocycles. The minimum Gasteiger partial charge on any atom is -0.396 e. The number of nitrogens with zero attached hydrogens (tertiary/aromatic N) is 2. The van der Waals surface area contributed by atoms with Crippen LogP contribution in [0, 0.1) is 0 Å². The van der Waals surface area contributed by atoms with Gasteiger partial charge in [-0.3, -0.25) is 4.90 Å². The average Bonchev–Trinajstić information content (AvgIpc) is 2.09. The number of hydrogen-bond acceptors (Lipinski definition) is 3. The molecule has 0 radical (unpaired) electrons. The molecule has 2 unspecified atom stereocenters. The molecule has 1 rings (SSSR count). The predicted octanol–water partition coefficient (Wildman–Crippen LogP) is 0.782. The molecular formula is C11H24N2O. The van der Waals surface area contributed by atoms with Gasteiger partial charge in [0.1, 0.15) is 0 Å². The van der Waals surface area contributed by atoms with Crippen LogP contribution in [0.4, 0.5) is 0 Å². The van der Waals surface area contributed by atoms with Crippen LogP contribution in [0.25, 0.3) is 0 Å². The molecular weight excluding hydrogens is 176 g/mol. The van der Waals surface area contributed by atoms with Gasteiger partial charge >= 0.3 is 0 Å². The van der Waals surface area contributed by atoms with E-state index in [0.29, 0.717) is 24.7 Å². The first-order chi connectivity index (χ1) is 6.56. The molecule has 1 N–H and O–H groups in total. The summed E-state index contributed by atoms with van der Waals surface area (Å²) < 4.78 is 0. The van der Waals surface area contributed by atoms with Gasteiger partial charge in [0.25, 0.3) is 0 Å². The minimum atomic E-state index is 0.301. The fourth-order valence-electron chi connectivity index (χ4n) is 2.41. The summed E-state index contributed by atoms with van der Waals surface area (Å²) in [7, 11) is 2.16. The van der Waals surface area contributed by atoms with Gasteiger partial charge in [0, 0.05) is 37.8 Å². The molecule has 1 fully saturated rings. The number of aliphatic hydroxyl groups excluding tert-OH is 1. The highest BCUT2D eigenvalue weighted by Gasteiger charge is 2.29. The zero-order valence-corrected chi connectivity index (χ0v) is 9.90. The molecule has 0 aromatic heterocycles. The molecule has 0 saturated carbocycles. The molecule has 0 aliphatic carbocycles. The zero-order chi connectivity index (χ0) is 10.7. The number of aliphatic hydroxyl groups is 1. The molecule has 14 heavy (non-hydrogen) atoms. The fraction of sp³-hybridized carbons (Fsp3) is 1.00. The Labute approximate surface area is 87.7 Å². The largest absolute Gasteiger partial charge is 0.396 e. The Morgan fingerprint density at radius 2 is 2.00 bits per heavy atom. The number of hydrogen-bond donors (Lipinski definition) is 1. The minimum absolute atomic E-state index is 0.301. The van der Waals surface area contributed by atoms with Crippen LogP contribution in [0.1, 0.15) is 27.2 Å². The topological polar surface area (TPSA) is 26.7 Å². The van der Waals surface area contributed by atoms with Gasteiger partial charge in [-0.15, -0.1) is 0 Å². The lowest BCUT2D eigenvalue weighted by atomic mass is 10.0. The van der Waals surface area contributed by atoms with Crippen molar-refractivity contribution >= 4 is 0 Å². The Hall–Kier alpha value is -0.120. The van der Waals surface area contributed by atoms with Crippen LogP contribution in [0.15, 0.2) is 0 Å². The molecule has 0 spiro atoms. The van der Waals surface area contributed by atoms with Crippen molar-refractivity contribution in [1.82, 2.24) is 9.80 Å². The van der Waals surface area contributed by atoms with E-state index in [0.717, 1.165) is 19.5 Å². The van der Waals surface area contributed by atoms with Gasteiger partial charge < -0.3 is 10.0 Å². The smallest absolute Gasteiger partial charge is 0.0446 e. The molecule has 2 atom stereocenters. The Balaban J connectivity index is 2.56. The van der Waals surface area contributed by atoms with Crippen molar-refractivity contribution in [2.45, 2.75) is 45.3 Å². The Morgan fingerprint density at radius 1 is 1.36 bits per heavy atom. The van der Waals surface area contributed by atoms with Crippen LogP contribution in [0.3, 0.4) is 0 Å². The highest BCUT2D eigenvalue weighted by Crippen LogP contribution is 2.17. The van der Waals surface area contributed by atoms with Crippen LogP contribution in [0.5, 0.6) is 0 Å². The monoisotopic (exact) mass is 200 g/mol.